The molecular formula is C10H14O2. The molecule has 3 unspecified atom stereocenters. The summed E-state index contributed by atoms with van der Waals surface area (Å²) >= 11 is 0. The predicted molar refractivity (Wildman–Crippen MR) is 44.3 cm³/mol. The van der Waals surface area contributed by atoms with Gasteiger partial charge in [-0.15, -0.1) is 0 Å². The molecule has 66 valence electrons. The van der Waals surface area contributed by atoms with E-state index in [9.17, 15) is 10.2 Å². The van der Waals surface area contributed by atoms with Crippen molar-refractivity contribution in [3.05, 3.63) is 12.2 Å². The molecular weight excluding hydrogens is 152 g/mol. The molecule has 0 heterocycles. The molecule has 3 aliphatic carbocycles. The van der Waals surface area contributed by atoms with Gasteiger partial charge in [-0.25, -0.2) is 0 Å². The number of hydrogen-bond donors (Lipinski definition) is 2. The molecule has 0 bridgehead atoms. The Morgan fingerprint density at radius 3 is 1.83 bits per heavy atom. The van der Waals surface area contributed by atoms with Crippen LogP contribution in [0.4, 0.5) is 0 Å². The maximum absolute atomic E-state index is 9.70. The number of aliphatic hydroxyl groups is 2. The highest BCUT2D eigenvalue weighted by atomic mass is 16.3. The molecule has 2 fully saturated rings. The highest BCUT2D eigenvalue weighted by Crippen LogP contribution is 2.55. The van der Waals surface area contributed by atoms with Gasteiger partial charge in [0, 0.05) is 5.92 Å². The first-order valence-electron chi connectivity index (χ1n) is 4.82. The van der Waals surface area contributed by atoms with E-state index in [4.69, 9.17) is 0 Å². The molecule has 0 radical (unpaired) electrons. The zero-order chi connectivity index (χ0) is 8.29. The van der Waals surface area contributed by atoms with Gasteiger partial charge in [-0.2, -0.15) is 0 Å². The van der Waals surface area contributed by atoms with Gasteiger partial charge >= 0.3 is 0 Å². The summed E-state index contributed by atoms with van der Waals surface area (Å²) in [4.78, 5) is 0. The van der Waals surface area contributed by atoms with Crippen molar-refractivity contribution in [1.29, 1.82) is 0 Å². The summed E-state index contributed by atoms with van der Waals surface area (Å²) in [5.41, 5.74) is 0. The van der Waals surface area contributed by atoms with E-state index in [0.29, 0.717) is 17.8 Å². The van der Waals surface area contributed by atoms with Crippen molar-refractivity contribution >= 4 is 0 Å². The fraction of sp³-hybridized carbons (Fsp3) is 0.800. The third-order valence-electron chi connectivity index (χ3n) is 3.95. The largest absolute Gasteiger partial charge is 0.393 e. The zero-order valence-corrected chi connectivity index (χ0v) is 6.93. The highest BCUT2D eigenvalue weighted by molar-refractivity contribution is 5.18. The van der Waals surface area contributed by atoms with Crippen LogP contribution in [0.25, 0.3) is 0 Å². The van der Waals surface area contributed by atoms with E-state index in [0.717, 1.165) is 12.8 Å². The molecule has 2 heteroatoms. The Bertz CT molecular complexity index is 214. The minimum Gasteiger partial charge on any atom is -0.393 e. The minimum absolute atomic E-state index is 0.176. The molecule has 6 atom stereocenters. The number of hydrogen-bond acceptors (Lipinski definition) is 2. The fourth-order valence-electron chi connectivity index (χ4n) is 3.54. The number of aliphatic hydroxyl groups excluding tert-OH is 2. The smallest absolute Gasteiger partial charge is 0.0601 e. The second-order valence-electron chi connectivity index (χ2n) is 4.47. The third kappa shape index (κ3) is 0.679. The molecule has 0 saturated heterocycles. The van der Waals surface area contributed by atoms with Crippen LogP contribution in [0, 0.1) is 23.7 Å². The fourth-order valence-corrected chi connectivity index (χ4v) is 3.54. The molecule has 0 spiro atoms. The van der Waals surface area contributed by atoms with Crippen molar-refractivity contribution in [2.45, 2.75) is 25.0 Å². The van der Waals surface area contributed by atoms with Gasteiger partial charge < -0.3 is 10.2 Å². The van der Waals surface area contributed by atoms with Gasteiger partial charge in [0.15, 0.2) is 0 Å². The maximum atomic E-state index is 9.70. The molecule has 2 nitrogen and oxygen atoms in total. The first-order valence-corrected chi connectivity index (χ1v) is 4.82. The maximum Gasteiger partial charge on any atom is 0.0601 e. The Balaban J connectivity index is 1.99. The van der Waals surface area contributed by atoms with Crippen LogP contribution in [-0.2, 0) is 0 Å². The highest BCUT2D eigenvalue weighted by Gasteiger charge is 2.54. The van der Waals surface area contributed by atoms with E-state index in [1.54, 1.807) is 0 Å². The molecule has 0 aromatic heterocycles. The quantitative estimate of drug-likeness (QED) is 0.516. The van der Waals surface area contributed by atoms with Gasteiger partial charge in [0.1, 0.15) is 0 Å². The van der Waals surface area contributed by atoms with Gasteiger partial charge in [-0.1, -0.05) is 12.2 Å². The minimum atomic E-state index is -0.245. The van der Waals surface area contributed by atoms with Crippen molar-refractivity contribution in [2.75, 3.05) is 0 Å². The summed E-state index contributed by atoms with van der Waals surface area (Å²) < 4.78 is 0. The lowest BCUT2D eigenvalue weighted by Gasteiger charge is -2.17. The summed E-state index contributed by atoms with van der Waals surface area (Å²) in [5, 5.41) is 19.4. The molecule has 2 N–H and O–H groups in total. The Labute approximate surface area is 71.9 Å². The summed E-state index contributed by atoms with van der Waals surface area (Å²) in [6, 6.07) is 0. The van der Waals surface area contributed by atoms with Crippen molar-refractivity contribution in [1.82, 2.24) is 0 Å². The van der Waals surface area contributed by atoms with Gasteiger partial charge in [0.05, 0.1) is 12.2 Å². The Morgan fingerprint density at radius 1 is 0.833 bits per heavy atom. The molecule has 0 aromatic rings. The molecule has 2 saturated carbocycles. The second kappa shape index (κ2) is 2.12. The van der Waals surface area contributed by atoms with E-state index >= 15 is 0 Å². The van der Waals surface area contributed by atoms with E-state index in [-0.39, 0.29) is 18.1 Å². The van der Waals surface area contributed by atoms with Crippen LogP contribution in [0.3, 0.4) is 0 Å². The summed E-state index contributed by atoms with van der Waals surface area (Å²) in [6.45, 7) is 0. The van der Waals surface area contributed by atoms with Crippen LogP contribution in [0.2, 0.25) is 0 Å². The summed E-state index contributed by atoms with van der Waals surface area (Å²) in [6.07, 6.45) is 5.74. The molecule has 3 rings (SSSR count). The van der Waals surface area contributed by atoms with E-state index in [1.165, 1.54) is 0 Å². The first-order chi connectivity index (χ1) is 5.77. The lowest BCUT2D eigenvalue weighted by atomic mass is 9.91. The SMILES string of the molecule is OC1C[C@H]2C=C[C@H]3C[C@H](O)C1C23. The van der Waals surface area contributed by atoms with Crippen LogP contribution >= 0.6 is 0 Å². The Hall–Kier alpha value is -0.340. The Morgan fingerprint density at radius 2 is 1.33 bits per heavy atom. The summed E-state index contributed by atoms with van der Waals surface area (Å²) in [5.74, 6) is 1.87. The molecule has 3 aliphatic rings. The van der Waals surface area contributed by atoms with Crippen molar-refractivity contribution in [3.63, 3.8) is 0 Å². The lowest BCUT2D eigenvalue weighted by molar-refractivity contribution is 0.0401. The van der Waals surface area contributed by atoms with Crippen LogP contribution < -0.4 is 0 Å². The number of rotatable bonds is 0. The average molecular weight is 166 g/mol. The van der Waals surface area contributed by atoms with Crippen molar-refractivity contribution in [3.8, 4) is 0 Å². The topological polar surface area (TPSA) is 40.5 Å². The zero-order valence-electron chi connectivity index (χ0n) is 6.93. The van der Waals surface area contributed by atoms with Crippen LogP contribution in [-0.4, -0.2) is 22.4 Å². The van der Waals surface area contributed by atoms with E-state index in [1.807, 2.05) is 0 Å². The monoisotopic (exact) mass is 166 g/mol. The molecule has 0 aromatic carbocycles. The lowest BCUT2D eigenvalue weighted by Crippen LogP contribution is -2.25. The van der Waals surface area contributed by atoms with Crippen LogP contribution in [0.1, 0.15) is 12.8 Å². The Kier molecular flexibility index (Phi) is 1.25. The first kappa shape index (κ1) is 7.10. The predicted octanol–water partition coefficient (Wildman–Crippen LogP) is 0.550. The standard InChI is InChI=1S/C10H14O2/c11-7-3-5-1-2-6-4-8(12)10(7)9(5)6/h1-2,5-12H,3-4H2/t5-,6+,7-,8?,9?,10?/m0/s1. The van der Waals surface area contributed by atoms with Crippen LogP contribution in [0.5, 0.6) is 0 Å². The average Bonchev–Trinajstić information content (AvgIpc) is 2.57. The van der Waals surface area contributed by atoms with Gasteiger partial charge in [-0.3, -0.25) is 0 Å². The van der Waals surface area contributed by atoms with Crippen LogP contribution in [0.15, 0.2) is 12.2 Å². The van der Waals surface area contributed by atoms with Gasteiger partial charge in [0.25, 0.3) is 0 Å². The number of allylic oxidation sites excluding steroid dienone is 2. The van der Waals surface area contributed by atoms with Gasteiger partial charge in [-0.05, 0) is 30.6 Å². The third-order valence-corrected chi connectivity index (χ3v) is 3.95. The second-order valence-corrected chi connectivity index (χ2v) is 4.47. The molecule has 0 amide bonds. The van der Waals surface area contributed by atoms with Crippen molar-refractivity contribution < 1.29 is 10.2 Å². The van der Waals surface area contributed by atoms with Gasteiger partial charge in [0.2, 0.25) is 0 Å². The summed E-state index contributed by atoms with van der Waals surface area (Å²) in [7, 11) is 0. The molecule has 12 heavy (non-hydrogen) atoms. The normalized spacial score (nSPS) is 61.2. The van der Waals surface area contributed by atoms with E-state index < -0.39 is 0 Å². The van der Waals surface area contributed by atoms with E-state index in [2.05, 4.69) is 12.2 Å². The molecule has 0 aliphatic heterocycles. The van der Waals surface area contributed by atoms with Crippen molar-refractivity contribution in [2.24, 2.45) is 23.7 Å².